The monoisotopic (exact) mass is 572 g/mol. The summed E-state index contributed by atoms with van der Waals surface area (Å²) in [5.74, 6) is 1.24. The van der Waals surface area contributed by atoms with E-state index in [-0.39, 0.29) is 17.4 Å². The number of likely N-dealkylation sites (N-methyl/N-ethyl adjacent to an activating group) is 1. The molecule has 1 saturated heterocycles. The van der Waals surface area contributed by atoms with Crippen molar-refractivity contribution in [3.05, 3.63) is 76.1 Å². The normalized spacial score (nSPS) is 19.0. The van der Waals surface area contributed by atoms with E-state index in [1.54, 1.807) is 6.20 Å². The molecule has 3 aliphatic rings. The van der Waals surface area contributed by atoms with E-state index in [1.165, 1.54) is 5.56 Å². The van der Waals surface area contributed by atoms with Gasteiger partial charge in [0.2, 0.25) is 17.8 Å². The molecule has 2 amide bonds. The molecule has 0 unspecified atom stereocenters. The van der Waals surface area contributed by atoms with Crippen LogP contribution in [0.5, 0.6) is 0 Å². The Morgan fingerprint density at radius 2 is 1.83 bits per heavy atom. The summed E-state index contributed by atoms with van der Waals surface area (Å²) in [6.07, 6.45) is 6.84. The van der Waals surface area contributed by atoms with Gasteiger partial charge < -0.3 is 20.9 Å². The Labute approximate surface area is 246 Å². The first-order chi connectivity index (χ1) is 19.7. The highest BCUT2D eigenvalue weighted by Gasteiger charge is 2.50. The quantitative estimate of drug-likeness (QED) is 0.337. The molecule has 41 heavy (non-hydrogen) atoms. The van der Waals surface area contributed by atoms with E-state index in [4.69, 9.17) is 16.6 Å². The minimum Gasteiger partial charge on any atom is -0.341 e. The highest BCUT2D eigenvalue weighted by atomic mass is 35.5. The average Bonchev–Trinajstić information content (AvgIpc) is 3.74. The van der Waals surface area contributed by atoms with Crippen LogP contribution in [-0.2, 0) is 27.8 Å². The highest BCUT2D eigenvalue weighted by Crippen LogP contribution is 2.40. The molecule has 0 spiro atoms. The van der Waals surface area contributed by atoms with E-state index < -0.39 is 5.41 Å². The largest absolute Gasteiger partial charge is 0.341 e. The number of likely N-dealkylation sites (tertiary alicyclic amines) is 1. The summed E-state index contributed by atoms with van der Waals surface area (Å²) in [4.78, 5) is 36.5. The zero-order chi connectivity index (χ0) is 28.8. The lowest BCUT2D eigenvalue weighted by molar-refractivity contribution is -0.135. The van der Waals surface area contributed by atoms with Gasteiger partial charge in [0.1, 0.15) is 0 Å². The van der Waals surface area contributed by atoms with Crippen LogP contribution in [-0.4, -0.2) is 52.4 Å². The lowest BCUT2D eigenvalue weighted by Gasteiger charge is -2.34. The average molecular weight is 573 g/mol. The van der Waals surface area contributed by atoms with Gasteiger partial charge in [-0.2, -0.15) is 0 Å². The second kappa shape index (κ2) is 10.7. The number of benzene rings is 2. The molecule has 1 saturated carbocycles. The van der Waals surface area contributed by atoms with Gasteiger partial charge in [0.05, 0.1) is 27.9 Å². The van der Waals surface area contributed by atoms with Crippen molar-refractivity contribution in [2.75, 3.05) is 30.8 Å². The molecule has 1 aliphatic carbocycles. The van der Waals surface area contributed by atoms with Gasteiger partial charge in [0.15, 0.2) is 0 Å². The number of halogens is 1. The standard InChI is InChI=1S/C32H37ClN6O2/c1-31(2)27-22(5-4-6-26(27)37-28(31)40)9-12-25-24(33)19-35-30(38-25)36-23-10-7-20(8-11-23)21-13-17-39(18-14-21)29(41)32(34-3)15-16-32/h4-8,10-11,19,21,34H,9,12-18H2,1-3H3,(H,37,40)(H,35,36,38). The van der Waals surface area contributed by atoms with E-state index in [0.717, 1.165) is 67.0 Å². The lowest BCUT2D eigenvalue weighted by atomic mass is 9.82. The Morgan fingerprint density at radius 3 is 2.51 bits per heavy atom. The fourth-order valence-electron chi connectivity index (χ4n) is 6.32. The first kappa shape index (κ1) is 27.7. The number of rotatable bonds is 8. The van der Waals surface area contributed by atoms with Crippen LogP contribution in [0.4, 0.5) is 17.3 Å². The number of fused-ring (bicyclic) bond motifs is 1. The molecule has 2 aliphatic heterocycles. The number of hydrogen-bond acceptors (Lipinski definition) is 6. The van der Waals surface area contributed by atoms with E-state index in [1.807, 2.05) is 37.9 Å². The summed E-state index contributed by atoms with van der Waals surface area (Å²) < 4.78 is 0. The number of nitrogens with one attached hydrogen (secondary N) is 3. The Morgan fingerprint density at radius 1 is 1.10 bits per heavy atom. The molecule has 2 fully saturated rings. The predicted octanol–water partition coefficient (Wildman–Crippen LogP) is 5.35. The topological polar surface area (TPSA) is 99.3 Å². The maximum absolute atomic E-state index is 12.8. The summed E-state index contributed by atoms with van der Waals surface area (Å²) >= 11 is 6.49. The Balaban J connectivity index is 1.07. The van der Waals surface area contributed by atoms with Gasteiger partial charge >= 0.3 is 0 Å². The van der Waals surface area contributed by atoms with Crippen molar-refractivity contribution in [1.82, 2.24) is 20.2 Å². The van der Waals surface area contributed by atoms with Gasteiger partial charge in [-0.1, -0.05) is 35.9 Å². The minimum atomic E-state index is -0.569. The van der Waals surface area contributed by atoms with Crippen molar-refractivity contribution in [3.63, 3.8) is 0 Å². The second-order valence-corrected chi connectivity index (χ2v) is 12.5. The van der Waals surface area contributed by atoms with Gasteiger partial charge in [-0.05, 0) is 100 Å². The summed E-state index contributed by atoms with van der Waals surface area (Å²) in [7, 11) is 1.89. The summed E-state index contributed by atoms with van der Waals surface area (Å²) in [6.45, 7) is 5.54. The van der Waals surface area contributed by atoms with E-state index in [9.17, 15) is 9.59 Å². The third kappa shape index (κ3) is 5.31. The molecule has 9 heteroatoms. The molecule has 3 N–H and O–H groups in total. The number of hydrogen-bond donors (Lipinski definition) is 3. The number of anilines is 3. The van der Waals surface area contributed by atoms with Crippen molar-refractivity contribution in [2.45, 2.75) is 69.2 Å². The van der Waals surface area contributed by atoms with Crippen LogP contribution < -0.4 is 16.0 Å². The number of carbonyl (C=O) groups excluding carboxylic acids is 2. The van der Waals surface area contributed by atoms with E-state index in [2.05, 4.69) is 51.3 Å². The maximum atomic E-state index is 12.8. The number of amides is 2. The third-order valence-corrected chi connectivity index (χ3v) is 9.41. The molecule has 0 bridgehead atoms. The molecule has 1 aromatic heterocycles. The molecule has 214 valence electrons. The summed E-state index contributed by atoms with van der Waals surface area (Å²) in [6, 6.07) is 14.4. The first-order valence-corrected chi connectivity index (χ1v) is 14.9. The molecule has 0 atom stereocenters. The number of carbonyl (C=O) groups is 2. The Kier molecular flexibility index (Phi) is 7.24. The van der Waals surface area contributed by atoms with Crippen LogP contribution in [0.15, 0.2) is 48.7 Å². The molecular formula is C32H37ClN6O2. The van der Waals surface area contributed by atoms with Crippen molar-refractivity contribution < 1.29 is 9.59 Å². The molecule has 3 aromatic rings. The zero-order valence-corrected chi connectivity index (χ0v) is 24.6. The molecule has 3 heterocycles. The molecule has 8 nitrogen and oxygen atoms in total. The fourth-order valence-corrected chi connectivity index (χ4v) is 6.50. The summed E-state index contributed by atoms with van der Waals surface area (Å²) in [5, 5.41) is 10.1. The fraction of sp³-hybridized carbons (Fsp3) is 0.438. The van der Waals surface area contributed by atoms with Gasteiger partial charge in [-0.3, -0.25) is 9.59 Å². The third-order valence-electron chi connectivity index (χ3n) is 9.10. The molecular weight excluding hydrogens is 536 g/mol. The van der Waals surface area contributed by atoms with Crippen LogP contribution in [0, 0.1) is 0 Å². The minimum absolute atomic E-state index is 0.0223. The van der Waals surface area contributed by atoms with Crippen LogP contribution >= 0.6 is 11.6 Å². The van der Waals surface area contributed by atoms with Crippen LogP contribution in [0.25, 0.3) is 0 Å². The van der Waals surface area contributed by atoms with Crippen LogP contribution in [0.3, 0.4) is 0 Å². The van der Waals surface area contributed by atoms with Gasteiger partial charge in [-0.15, -0.1) is 0 Å². The predicted molar refractivity (Wildman–Crippen MR) is 162 cm³/mol. The van der Waals surface area contributed by atoms with Gasteiger partial charge in [0, 0.05) is 24.5 Å². The summed E-state index contributed by atoms with van der Waals surface area (Å²) in [5.41, 5.74) is 5.16. The zero-order valence-electron chi connectivity index (χ0n) is 23.9. The maximum Gasteiger partial charge on any atom is 0.242 e. The van der Waals surface area contributed by atoms with Crippen molar-refractivity contribution in [1.29, 1.82) is 0 Å². The van der Waals surface area contributed by atoms with E-state index in [0.29, 0.717) is 29.7 Å². The van der Waals surface area contributed by atoms with Gasteiger partial charge in [0.25, 0.3) is 0 Å². The van der Waals surface area contributed by atoms with Crippen LogP contribution in [0.2, 0.25) is 5.02 Å². The van der Waals surface area contributed by atoms with Crippen molar-refractivity contribution in [2.24, 2.45) is 0 Å². The number of aryl methyl sites for hydroxylation is 2. The highest BCUT2D eigenvalue weighted by molar-refractivity contribution is 6.31. The number of nitrogens with zero attached hydrogens (tertiary/aromatic N) is 3. The van der Waals surface area contributed by atoms with E-state index >= 15 is 0 Å². The number of aromatic nitrogens is 2. The number of piperidine rings is 1. The van der Waals surface area contributed by atoms with Crippen LogP contribution in [0.1, 0.15) is 67.8 Å². The lowest BCUT2D eigenvalue weighted by Crippen LogP contribution is -2.49. The molecule has 2 aromatic carbocycles. The Bertz CT molecular complexity index is 1480. The molecule has 0 radical (unpaired) electrons. The first-order valence-electron chi connectivity index (χ1n) is 14.5. The van der Waals surface area contributed by atoms with Gasteiger partial charge in [-0.25, -0.2) is 9.97 Å². The Hall–Kier alpha value is -3.49. The smallest absolute Gasteiger partial charge is 0.242 e. The van der Waals surface area contributed by atoms with Crippen molar-refractivity contribution >= 4 is 40.7 Å². The SMILES string of the molecule is CNC1(C(=O)N2CCC(c3ccc(Nc4ncc(Cl)c(CCc5cccc6c5C(C)(C)C(=O)N6)n4)cc3)CC2)CC1. The van der Waals surface area contributed by atoms with Crippen molar-refractivity contribution in [3.8, 4) is 0 Å². The molecule has 6 rings (SSSR count). The second-order valence-electron chi connectivity index (χ2n) is 12.1.